The van der Waals surface area contributed by atoms with Crippen molar-refractivity contribution >= 4 is 29.0 Å². The molecule has 0 amide bonds. The summed E-state index contributed by atoms with van der Waals surface area (Å²) in [6.07, 6.45) is 5.31. The summed E-state index contributed by atoms with van der Waals surface area (Å²) in [5, 5.41) is 4.00. The Labute approximate surface area is 100.0 Å². The molecular formula is C11H14Cl2N2. The minimum Gasteiger partial charge on any atom is -0.370 e. The fraction of sp³-hybridized carbons (Fsp3) is 0.545. The van der Waals surface area contributed by atoms with Gasteiger partial charge in [-0.1, -0.05) is 11.6 Å². The third-order valence-corrected chi connectivity index (χ3v) is 3.37. The molecule has 0 atom stereocenters. The molecule has 1 aliphatic rings. The first-order valence-corrected chi connectivity index (χ1v) is 6.07. The summed E-state index contributed by atoms with van der Waals surface area (Å²) < 4.78 is 0. The van der Waals surface area contributed by atoms with Crippen molar-refractivity contribution in [3.05, 3.63) is 23.4 Å². The van der Waals surface area contributed by atoms with Crippen LogP contribution in [0, 0.1) is 5.41 Å². The van der Waals surface area contributed by atoms with Gasteiger partial charge in [0, 0.05) is 18.6 Å². The van der Waals surface area contributed by atoms with Gasteiger partial charge in [-0.2, -0.15) is 0 Å². The van der Waals surface area contributed by atoms with Gasteiger partial charge in [-0.15, -0.1) is 11.6 Å². The summed E-state index contributed by atoms with van der Waals surface area (Å²) in [6.45, 7) is 0.967. The molecule has 0 radical (unpaired) electrons. The highest BCUT2D eigenvalue weighted by atomic mass is 35.5. The molecule has 0 unspecified atom stereocenters. The number of hydrogen-bond donors (Lipinski definition) is 1. The molecule has 0 spiro atoms. The predicted molar refractivity (Wildman–Crippen MR) is 64.7 cm³/mol. The van der Waals surface area contributed by atoms with Crippen molar-refractivity contribution in [3.63, 3.8) is 0 Å². The molecular weight excluding hydrogens is 231 g/mol. The average molecular weight is 245 g/mol. The summed E-state index contributed by atoms with van der Waals surface area (Å²) in [7, 11) is 0. The van der Waals surface area contributed by atoms with Crippen LogP contribution in [-0.4, -0.2) is 17.4 Å². The largest absolute Gasteiger partial charge is 0.370 e. The first-order valence-electron chi connectivity index (χ1n) is 5.16. The molecule has 1 N–H and O–H groups in total. The topological polar surface area (TPSA) is 24.9 Å². The second kappa shape index (κ2) is 4.58. The van der Waals surface area contributed by atoms with Crippen LogP contribution >= 0.6 is 23.2 Å². The Kier molecular flexibility index (Phi) is 3.37. The molecule has 2 nitrogen and oxygen atoms in total. The molecule has 15 heavy (non-hydrogen) atoms. The van der Waals surface area contributed by atoms with E-state index in [0.29, 0.717) is 10.4 Å². The zero-order valence-electron chi connectivity index (χ0n) is 8.47. The van der Waals surface area contributed by atoms with Gasteiger partial charge in [-0.25, -0.2) is 4.98 Å². The lowest BCUT2D eigenvalue weighted by atomic mass is 10.0. The van der Waals surface area contributed by atoms with Crippen LogP contribution in [0.5, 0.6) is 0 Å². The van der Waals surface area contributed by atoms with Crippen molar-refractivity contribution in [1.29, 1.82) is 0 Å². The molecule has 0 saturated heterocycles. The lowest BCUT2D eigenvalue weighted by Crippen LogP contribution is -2.16. The number of hydrogen-bond acceptors (Lipinski definition) is 2. The van der Waals surface area contributed by atoms with E-state index >= 15 is 0 Å². The summed E-state index contributed by atoms with van der Waals surface area (Å²) >= 11 is 11.5. The van der Waals surface area contributed by atoms with Crippen molar-refractivity contribution in [1.82, 2.24) is 4.98 Å². The molecule has 1 aliphatic carbocycles. The van der Waals surface area contributed by atoms with Crippen LogP contribution in [0.1, 0.15) is 19.3 Å². The molecule has 1 fully saturated rings. The molecule has 0 aliphatic heterocycles. The number of pyridine rings is 1. The van der Waals surface area contributed by atoms with Crippen LogP contribution in [0.3, 0.4) is 0 Å². The average Bonchev–Trinajstić information content (AvgIpc) is 2.99. The normalized spacial score (nSPS) is 17.5. The fourth-order valence-electron chi connectivity index (χ4n) is 1.65. The maximum atomic E-state index is 5.77. The van der Waals surface area contributed by atoms with Crippen molar-refractivity contribution in [3.8, 4) is 0 Å². The molecule has 0 bridgehead atoms. The zero-order chi connectivity index (χ0) is 10.7. The summed E-state index contributed by atoms with van der Waals surface area (Å²) in [6, 6.07) is 3.75. The highest BCUT2D eigenvalue weighted by molar-refractivity contribution is 6.30. The summed E-state index contributed by atoms with van der Waals surface area (Å²) in [5.74, 6) is 1.63. The summed E-state index contributed by atoms with van der Waals surface area (Å²) in [4.78, 5) is 4.19. The Bertz CT molecular complexity index is 320. The van der Waals surface area contributed by atoms with Crippen LogP contribution in [-0.2, 0) is 0 Å². The minimum atomic E-state index is 0.434. The maximum Gasteiger partial charge on any atom is 0.126 e. The van der Waals surface area contributed by atoms with E-state index in [2.05, 4.69) is 10.3 Å². The number of anilines is 1. The van der Waals surface area contributed by atoms with E-state index in [4.69, 9.17) is 23.2 Å². The van der Waals surface area contributed by atoms with Gasteiger partial charge in [0.1, 0.15) is 5.82 Å². The quantitative estimate of drug-likeness (QED) is 0.802. The number of alkyl halides is 1. The standard InChI is InChI=1S/C11H14Cl2N2/c12-6-5-11(3-4-11)8-15-10-2-1-9(13)7-14-10/h1-2,7H,3-6,8H2,(H,14,15). The van der Waals surface area contributed by atoms with Crippen LogP contribution in [0.4, 0.5) is 5.82 Å². The highest BCUT2D eigenvalue weighted by Gasteiger charge is 2.41. The van der Waals surface area contributed by atoms with E-state index in [0.717, 1.165) is 24.7 Å². The molecule has 1 saturated carbocycles. The van der Waals surface area contributed by atoms with E-state index in [-0.39, 0.29) is 0 Å². The van der Waals surface area contributed by atoms with Crippen molar-refractivity contribution in [2.75, 3.05) is 17.7 Å². The molecule has 82 valence electrons. The van der Waals surface area contributed by atoms with E-state index in [1.54, 1.807) is 6.20 Å². The zero-order valence-corrected chi connectivity index (χ0v) is 9.98. The van der Waals surface area contributed by atoms with Gasteiger partial charge in [-0.3, -0.25) is 0 Å². The van der Waals surface area contributed by atoms with Gasteiger partial charge < -0.3 is 5.32 Å². The van der Waals surface area contributed by atoms with Crippen LogP contribution in [0.15, 0.2) is 18.3 Å². The molecule has 1 aromatic heterocycles. The van der Waals surface area contributed by atoms with E-state index in [1.165, 1.54) is 12.8 Å². The number of halogens is 2. The Morgan fingerprint density at radius 3 is 2.73 bits per heavy atom. The second-order valence-electron chi connectivity index (χ2n) is 4.15. The predicted octanol–water partition coefficient (Wildman–Crippen LogP) is 3.56. The number of nitrogens with zero attached hydrogens (tertiary/aromatic N) is 1. The van der Waals surface area contributed by atoms with Gasteiger partial charge in [0.05, 0.1) is 5.02 Å². The molecule has 0 aromatic carbocycles. The number of nitrogens with one attached hydrogen (secondary N) is 1. The van der Waals surface area contributed by atoms with E-state index in [1.807, 2.05) is 12.1 Å². The lowest BCUT2D eigenvalue weighted by molar-refractivity contribution is 0.524. The Balaban J connectivity index is 1.85. The van der Waals surface area contributed by atoms with Gasteiger partial charge in [-0.05, 0) is 36.8 Å². The number of rotatable bonds is 5. The van der Waals surface area contributed by atoms with E-state index in [9.17, 15) is 0 Å². The van der Waals surface area contributed by atoms with E-state index < -0.39 is 0 Å². The van der Waals surface area contributed by atoms with Crippen molar-refractivity contribution in [2.24, 2.45) is 5.41 Å². The minimum absolute atomic E-state index is 0.434. The Morgan fingerprint density at radius 1 is 1.40 bits per heavy atom. The van der Waals surface area contributed by atoms with Crippen LogP contribution in [0.25, 0.3) is 0 Å². The van der Waals surface area contributed by atoms with Gasteiger partial charge in [0.15, 0.2) is 0 Å². The van der Waals surface area contributed by atoms with Gasteiger partial charge >= 0.3 is 0 Å². The maximum absolute atomic E-state index is 5.77. The summed E-state index contributed by atoms with van der Waals surface area (Å²) in [5.41, 5.74) is 0.434. The first kappa shape index (κ1) is 11.0. The third kappa shape index (κ3) is 2.99. The smallest absolute Gasteiger partial charge is 0.126 e. The Hall–Kier alpha value is -0.470. The van der Waals surface area contributed by atoms with Gasteiger partial charge in [0.25, 0.3) is 0 Å². The van der Waals surface area contributed by atoms with Crippen molar-refractivity contribution < 1.29 is 0 Å². The highest BCUT2D eigenvalue weighted by Crippen LogP contribution is 2.48. The monoisotopic (exact) mass is 244 g/mol. The van der Waals surface area contributed by atoms with Crippen LogP contribution < -0.4 is 5.32 Å². The SMILES string of the molecule is ClCCC1(CNc2ccc(Cl)cn2)CC1. The third-order valence-electron chi connectivity index (χ3n) is 2.95. The second-order valence-corrected chi connectivity index (χ2v) is 4.97. The molecule has 1 heterocycles. The van der Waals surface area contributed by atoms with Crippen molar-refractivity contribution in [2.45, 2.75) is 19.3 Å². The van der Waals surface area contributed by atoms with Gasteiger partial charge in [0.2, 0.25) is 0 Å². The molecule has 4 heteroatoms. The van der Waals surface area contributed by atoms with Crippen LogP contribution in [0.2, 0.25) is 5.02 Å². The Morgan fingerprint density at radius 2 is 2.20 bits per heavy atom. The number of aromatic nitrogens is 1. The fourth-order valence-corrected chi connectivity index (χ4v) is 2.16. The lowest BCUT2D eigenvalue weighted by Gasteiger charge is -2.14. The molecule has 1 aromatic rings. The molecule has 2 rings (SSSR count). The first-order chi connectivity index (χ1) is 7.24.